The molecular formula is C11H13N3O2. The Labute approximate surface area is 92.3 Å². The molecule has 0 aliphatic heterocycles. The van der Waals surface area contributed by atoms with Crippen molar-refractivity contribution >= 4 is 22.6 Å². The number of rotatable bonds is 2. The maximum Gasteiger partial charge on any atom is 0.323 e. The Morgan fingerprint density at radius 2 is 2.19 bits per heavy atom. The van der Waals surface area contributed by atoms with Gasteiger partial charge in [-0.1, -0.05) is 12.1 Å². The monoisotopic (exact) mass is 219 g/mol. The fraction of sp³-hybridized carbons (Fsp3) is 0.182. The molecular weight excluding hydrogens is 206 g/mol. The zero-order chi connectivity index (χ0) is 11.7. The lowest BCUT2D eigenvalue weighted by Gasteiger charge is -2.01. The fourth-order valence-corrected chi connectivity index (χ4v) is 1.77. The number of primary amides is 1. The minimum atomic E-state index is -0.567. The van der Waals surface area contributed by atoms with Crippen LogP contribution in [0, 0.1) is 0 Å². The van der Waals surface area contributed by atoms with Gasteiger partial charge in [-0.2, -0.15) is 0 Å². The molecule has 0 unspecified atom stereocenters. The number of fused-ring (bicyclic) bond motifs is 1. The van der Waals surface area contributed by atoms with E-state index in [1.165, 1.54) is 10.8 Å². The van der Waals surface area contributed by atoms with E-state index in [1.807, 2.05) is 18.2 Å². The van der Waals surface area contributed by atoms with Gasteiger partial charge in [-0.3, -0.25) is 4.57 Å². The van der Waals surface area contributed by atoms with Gasteiger partial charge < -0.3 is 16.6 Å². The molecule has 0 aliphatic rings. The molecule has 5 nitrogen and oxygen atoms in total. The molecule has 0 spiro atoms. The van der Waals surface area contributed by atoms with Gasteiger partial charge in [0.05, 0.1) is 11.2 Å². The Morgan fingerprint density at radius 3 is 2.81 bits per heavy atom. The van der Waals surface area contributed by atoms with Crippen LogP contribution in [0.4, 0.5) is 10.5 Å². The van der Waals surface area contributed by atoms with Crippen molar-refractivity contribution in [2.45, 2.75) is 6.42 Å². The molecule has 0 aliphatic carbocycles. The van der Waals surface area contributed by atoms with Gasteiger partial charge in [0.15, 0.2) is 0 Å². The molecule has 5 heteroatoms. The predicted octanol–water partition coefficient (Wildman–Crippen LogP) is 0.685. The van der Waals surface area contributed by atoms with Crippen molar-refractivity contribution in [3.63, 3.8) is 0 Å². The molecule has 0 fully saturated rings. The number of amides is 1. The second-order valence-electron chi connectivity index (χ2n) is 3.62. The molecule has 1 aromatic heterocycles. The normalized spacial score (nSPS) is 10.8. The van der Waals surface area contributed by atoms with Crippen molar-refractivity contribution < 1.29 is 9.90 Å². The quantitative estimate of drug-likeness (QED) is 0.693. The van der Waals surface area contributed by atoms with Crippen molar-refractivity contribution in [2.24, 2.45) is 5.73 Å². The number of nitrogens with zero attached hydrogens (tertiary/aromatic N) is 1. The third-order valence-electron chi connectivity index (χ3n) is 2.54. The molecule has 16 heavy (non-hydrogen) atoms. The highest BCUT2D eigenvalue weighted by molar-refractivity contribution is 5.98. The van der Waals surface area contributed by atoms with Crippen LogP contribution in [-0.4, -0.2) is 22.3 Å². The summed E-state index contributed by atoms with van der Waals surface area (Å²) in [6.07, 6.45) is 2.05. The summed E-state index contributed by atoms with van der Waals surface area (Å²) in [5, 5.41) is 9.64. The smallest absolute Gasteiger partial charge is 0.323 e. The van der Waals surface area contributed by atoms with Gasteiger partial charge in [0.1, 0.15) is 0 Å². The van der Waals surface area contributed by atoms with Crippen LogP contribution in [0.1, 0.15) is 5.56 Å². The number of carbonyl (C=O) groups excluding carboxylic acids is 1. The molecule has 1 aromatic carbocycles. The topological polar surface area (TPSA) is 94.3 Å². The van der Waals surface area contributed by atoms with Gasteiger partial charge in [0.25, 0.3) is 0 Å². The van der Waals surface area contributed by atoms with E-state index in [0.717, 1.165) is 10.9 Å². The van der Waals surface area contributed by atoms with Gasteiger partial charge in [0.2, 0.25) is 0 Å². The van der Waals surface area contributed by atoms with Gasteiger partial charge in [-0.25, -0.2) is 4.79 Å². The van der Waals surface area contributed by atoms with Crippen LogP contribution in [0.2, 0.25) is 0 Å². The molecule has 0 bridgehead atoms. The number of nitrogen functional groups attached to an aromatic ring is 1. The first kappa shape index (κ1) is 10.5. The van der Waals surface area contributed by atoms with Crippen LogP contribution in [0.15, 0.2) is 24.4 Å². The van der Waals surface area contributed by atoms with Crippen LogP contribution < -0.4 is 11.5 Å². The highest BCUT2D eigenvalue weighted by Gasteiger charge is 2.09. The lowest BCUT2D eigenvalue weighted by atomic mass is 10.1. The maximum atomic E-state index is 11.2. The Kier molecular flexibility index (Phi) is 2.54. The zero-order valence-corrected chi connectivity index (χ0v) is 8.68. The SMILES string of the molecule is NC(=O)n1cc(N)c2ccc(CCO)cc21. The predicted molar refractivity (Wildman–Crippen MR) is 62.1 cm³/mol. The van der Waals surface area contributed by atoms with E-state index in [2.05, 4.69) is 0 Å². The van der Waals surface area contributed by atoms with E-state index in [4.69, 9.17) is 16.6 Å². The third-order valence-corrected chi connectivity index (χ3v) is 2.54. The Balaban J connectivity index is 2.64. The first-order valence-electron chi connectivity index (χ1n) is 4.93. The summed E-state index contributed by atoms with van der Waals surface area (Å²) in [7, 11) is 0. The van der Waals surface area contributed by atoms with Gasteiger partial charge in [-0.15, -0.1) is 0 Å². The van der Waals surface area contributed by atoms with Crippen molar-refractivity contribution in [3.05, 3.63) is 30.0 Å². The number of aromatic nitrogens is 1. The maximum absolute atomic E-state index is 11.2. The molecule has 5 N–H and O–H groups in total. The number of aliphatic hydroxyl groups is 1. The van der Waals surface area contributed by atoms with Crippen molar-refractivity contribution in [3.8, 4) is 0 Å². The second kappa shape index (κ2) is 3.86. The standard InChI is InChI=1S/C11H13N3O2/c12-9-6-14(11(13)16)10-5-7(3-4-15)1-2-8(9)10/h1-2,5-6,15H,3-4,12H2,(H2,13,16). The minimum absolute atomic E-state index is 0.0677. The zero-order valence-electron chi connectivity index (χ0n) is 8.68. The number of aliphatic hydroxyl groups excluding tert-OH is 1. The summed E-state index contributed by atoms with van der Waals surface area (Å²) in [6, 6.07) is 4.95. The Bertz CT molecular complexity index is 545. The van der Waals surface area contributed by atoms with E-state index < -0.39 is 6.03 Å². The molecule has 2 aromatic rings. The third kappa shape index (κ3) is 1.61. The first-order valence-corrected chi connectivity index (χ1v) is 4.93. The van der Waals surface area contributed by atoms with Crippen LogP contribution >= 0.6 is 0 Å². The van der Waals surface area contributed by atoms with E-state index in [1.54, 1.807) is 0 Å². The summed E-state index contributed by atoms with van der Waals surface area (Å²) >= 11 is 0. The molecule has 0 atom stereocenters. The van der Waals surface area contributed by atoms with E-state index in [0.29, 0.717) is 17.6 Å². The van der Waals surface area contributed by atoms with Crippen molar-refractivity contribution in [2.75, 3.05) is 12.3 Å². The molecule has 84 valence electrons. The van der Waals surface area contributed by atoms with Crippen LogP contribution in [-0.2, 0) is 6.42 Å². The van der Waals surface area contributed by atoms with Crippen LogP contribution in [0.25, 0.3) is 10.9 Å². The summed E-state index contributed by atoms with van der Waals surface area (Å²) in [6.45, 7) is 0.0677. The molecule has 1 amide bonds. The highest BCUT2D eigenvalue weighted by atomic mass is 16.3. The van der Waals surface area contributed by atoms with Gasteiger partial charge >= 0.3 is 6.03 Å². The van der Waals surface area contributed by atoms with E-state index >= 15 is 0 Å². The fourth-order valence-electron chi connectivity index (χ4n) is 1.77. The second-order valence-corrected chi connectivity index (χ2v) is 3.62. The van der Waals surface area contributed by atoms with Crippen molar-refractivity contribution in [1.29, 1.82) is 0 Å². The molecule has 2 rings (SSSR count). The van der Waals surface area contributed by atoms with Gasteiger partial charge in [0, 0.05) is 18.2 Å². The molecule has 0 saturated heterocycles. The Morgan fingerprint density at radius 1 is 1.44 bits per heavy atom. The first-order chi connectivity index (χ1) is 7.63. The number of benzene rings is 1. The number of anilines is 1. The van der Waals surface area contributed by atoms with Gasteiger partial charge in [-0.05, 0) is 18.1 Å². The molecule has 0 radical (unpaired) electrons. The minimum Gasteiger partial charge on any atom is -0.397 e. The average molecular weight is 219 g/mol. The summed E-state index contributed by atoms with van der Waals surface area (Å²) in [4.78, 5) is 11.2. The molecule has 0 saturated carbocycles. The number of carbonyl (C=O) groups is 1. The largest absolute Gasteiger partial charge is 0.397 e. The number of hydrogen-bond donors (Lipinski definition) is 3. The Hall–Kier alpha value is -2.01. The number of hydrogen-bond acceptors (Lipinski definition) is 3. The molecule has 1 heterocycles. The van der Waals surface area contributed by atoms with Crippen LogP contribution in [0.3, 0.4) is 0 Å². The highest BCUT2D eigenvalue weighted by Crippen LogP contribution is 2.24. The summed E-state index contributed by atoms with van der Waals surface area (Å²) in [5.74, 6) is 0. The van der Waals surface area contributed by atoms with Crippen molar-refractivity contribution in [1.82, 2.24) is 4.57 Å². The van der Waals surface area contributed by atoms with Crippen LogP contribution in [0.5, 0.6) is 0 Å². The van der Waals surface area contributed by atoms with E-state index in [9.17, 15) is 4.79 Å². The lowest BCUT2D eigenvalue weighted by molar-refractivity contribution is 0.251. The average Bonchev–Trinajstić information content (AvgIpc) is 2.57. The van der Waals surface area contributed by atoms with E-state index in [-0.39, 0.29) is 6.61 Å². The lowest BCUT2D eigenvalue weighted by Crippen LogP contribution is -2.18. The summed E-state index contributed by atoms with van der Waals surface area (Å²) < 4.78 is 1.31. The summed E-state index contributed by atoms with van der Waals surface area (Å²) in [5.41, 5.74) is 13.1. The number of nitrogens with two attached hydrogens (primary N) is 2.